The number of carbonyl (C=O) groups excluding carboxylic acids is 4. The molecule has 2 aromatic rings. The van der Waals surface area contributed by atoms with Crippen molar-refractivity contribution in [2.75, 3.05) is 44.4 Å². The maximum absolute atomic E-state index is 13.5. The normalized spacial score (nSPS) is 14.4. The van der Waals surface area contributed by atoms with Crippen LogP contribution in [-0.4, -0.2) is 80.4 Å². The number of nitrogens with zero attached hydrogens (tertiary/aromatic N) is 2. The van der Waals surface area contributed by atoms with Crippen LogP contribution in [0.5, 0.6) is 0 Å². The van der Waals surface area contributed by atoms with Crippen LogP contribution in [0.1, 0.15) is 38.7 Å². The molecule has 1 aliphatic rings. The van der Waals surface area contributed by atoms with Crippen LogP contribution in [0.3, 0.4) is 0 Å². The van der Waals surface area contributed by atoms with Gasteiger partial charge in [0.05, 0.1) is 19.8 Å². The first-order chi connectivity index (χ1) is 20.9. The van der Waals surface area contributed by atoms with Gasteiger partial charge in [0.2, 0.25) is 5.91 Å². The number of rotatable bonds is 14. The maximum atomic E-state index is 13.5. The molecular formula is C32H42N4O7. The molecule has 1 aliphatic heterocycles. The molecule has 11 nitrogen and oxygen atoms in total. The van der Waals surface area contributed by atoms with Crippen molar-refractivity contribution in [1.29, 1.82) is 0 Å². The summed E-state index contributed by atoms with van der Waals surface area (Å²) in [7, 11) is 0. The minimum absolute atomic E-state index is 0.186. The number of amides is 4. The molecule has 1 saturated heterocycles. The Morgan fingerprint density at radius 3 is 2.33 bits per heavy atom. The average molecular weight is 595 g/mol. The Morgan fingerprint density at radius 2 is 1.65 bits per heavy atom. The molecular weight excluding hydrogens is 552 g/mol. The summed E-state index contributed by atoms with van der Waals surface area (Å²) >= 11 is 0. The number of benzene rings is 2. The zero-order valence-electron chi connectivity index (χ0n) is 24.9. The van der Waals surface area contributed by atoms with E-state index in [-0.39, 0.29) is 25.2 Å². The van der Waals surface area contributed by atoms with Crippen molar-refractivity contribution < 1.29 is 33.4 Å². The van der Waals surface area contributed by atoms with Gasteiger partial charge in [-0.1, -0.05) is 54.6 Å². The van der Waals surface area contributed by atoms with Crippen molar-refractivity contribution in [3.63, 3.8) is 0 Å². The summed E-state index contributed by atoms with van der Waals surface area (Å²) in [6.07, 6.45) is 4.16. The molecule has 0 bridgehead atoms. The number of ether oxygens (including phenoxy) is 3. The summed E-state index contributed by atoms with van der Waals surface area (Å²) in [5.41, 5.74) is 1.50. The molecule has 1 heterocycles. The largest absolute Gasteiger partial charge is 0.463 e. The number of esters is 1. The Hall–Kier alpha value is -4.38. The highest BCUT2D eigenvalue weighted by Gasteiger charge is 2.32. The third-order valence-corrected chi connectivity index (χ3v) is 6.79. The molecule has 232 valence electrons. The fourth-order valence-corrected chi connectivity index (χ4v) is 4.47. The first-order valence-corrected chi connectivity index (χ1v) is 14.7. The number of para-hydroxylation sites is 1. The lowest BCUT2D eigenvalue weighted by Gasteiger charge is -2.36. The second-order valence-electron chi connectivity index (χ2n) is 9.97. The van der Waals surface area contributed by atoms with Gasteiger partial charge in [-0.15, -0.1) is 0 Å². The molecule has 0 aromatic heterocycles. The summed E-state index contributed by atoms with van der Waals surface area (Å²) in [4.78, 5) is 54.2. The standard InChI is InChI=1S/C32H42N4O7/c1-3-42-29(37)18-17-27(14-10-11-19-33-31(39)43-24-26-12-6-4-7-13-26)34-30(38)25(2)36(28-15-8-5-9-16-28)32(40)35-20-22-41-23-21-35/h4-9,12-13,15-18,25,27H,3,10-11,14,19-24H2,1-2H3,(H,33,39)(H,34,38)/t25-,27-/m0/s1. The molecule has 3 rings (SSSR count). The fourth-order valence-electron chi connectivity index (χ4n) is 4.47. The first kappa shape index (κ1) is 33.1. The Bertz CT molecular complexity index is 1190. The van der Waals surface area contributed by atoms with Gasteiger partial charge in [0.1, 0.15) is 12.6 Å². The predicted octanol–water partition coefficient (Wildman–Crippen LogP) is 4.03. The molecule has 1 fully saturated rings. The number of alkyl carbamates (subject to hydrolysis) is 1. The van der Waals surface area contributed by atoms with Gasteiger partial charge in [-0.25, -0.2) is 14.4 Å². The highest BCUT2D eigenvalue weighted by Crippen LogP contribution is 2.20. The zero-order chi connectivity index (χ0) is 30.9. The lowest BCUT2D eigenvalue weighted by atomic mass is 10.1. The van der Waals surface area contributed by atoms with Crippen LogP contribution in [-0.2, 0) is 30.4 Å². The monoisotopic (exact) mass is 594 g/mol. The van der Waals surface area contributed by atoms with Crippen LogP contribution in [0.15, 0.2) is 72.8 Å². The molecule has 0 spiro atoms. The fraction of sp³-hybridized carbons (Fsp3) is 0.438. The van der Waals surface area contributed by atoms with Crippen LogP contribution in [0.4, 0.5) is 15.3 Å². The number of morpholine rings is 1. The SMILES string of the molecule is CCOC(=O)C=C[C@H](CCCCNC(=O)OCc1ccccc1)NC(=O)[C@H](C)N(C(=O)N1CCOCC1)c1ccccc1. The van der Waals surface area contributed by atoms with E-state index < -0.39 is 24.1 Å². The number of nitrogens with one attached hydrogen (secondary N) is 2. The van der Waals surface area contributed by atoms with E-state index in [4.69, 9.17) is 14.2 Å². The van der Waals surface area contributed by atoms with Gasteiger partial charge in [-0.3, -0.25) is 9.69 Å². The number of hydrogen-bond donors (Lipinski definition) is 2. The Labute approximate surface area is 253 Å². The summed E-state index contributed by atoms with van der Waals surface area (Å²) in [6, 6.07) is 16.9. The smallest absolute Gasteiger partial charge is 0.407 e. The number of unbranched alkanes of at least 4 members (excludes halogenated alkanes) is 1. The minimum atomic E-state index is -0.836. The lowest BCUT2D eigenvalue weighted by Crippen LogP contribution is -2.56. The van der Waals surface area contributed by atoms with Crippen molar-refractivity contribution in [1.82, 2.24) is 15.5 Å². The number of anilines is 1. The molecule has 0 unspecified atom stereocenters. The van der Waals surface area contributed by atoms with Crippen LogP contribution in [0, 0.1) is 0 Å². The molecule has 4 amide bonds. The van der Waals surface area contributed by atoms with Crippen molar-refractivity contribution in [2.24, 2.45) is 0 Å². The Morgan fingerprint density at radius 1 is 0.977 bits per heavy atom. The van der Waals surface area contributed by atoms with Crippen LogP contribution >= 0.6 is 0 Å². The third kappa shape index (κ3) is 11.4. The van der Waals surface area contributed by atoms with Crippen molar-refractivity contribution in [2.45, 2.75) is 51.8 Å². The summed E-state index contributed by atoms with van der Waals surface area (Å²) in [6.45, 7) is 5.97. The zero-order valence-corrected chi connectivity index (χ0v) is 24.9. The maximum Gasteiger partial charge on any atom is 0.407 e. The third-order valence-electron chi connectivity index (χ3n) is 6.79. The van der Waals surface area contributed by atoms with Crippen LogP contribution in [0.25, 0.3) is 0 Å². The van der Waals surface area contributed by atoms with Gasteiger partial charge >= 0.3 is 18.1 Å². The van der Waals surface area contributed by atoms with E-state index in [0.717, 1.165) is 5.56 Å². The van der Waals surface area contributed by atoms with Crippen molar-refractivity contribution in [3.05, 3.63) is 78.4 Å². The average Bonchev–Trinajstić information content (AvgIpc) is 3.03. The number of carbonyl (C=O) groups is 4. The van der Waals surface area contributed by atoms with Crippen molar-refractivity contribution >= 4 is 29.7 Å². The highest BCUT2D eigenvalue weighted by molar-refractivity contribution is 6.00. The van der Waals surface area contributed by atoms with Gasteiger partial charge in [0.25, 0.3) is 0 Å². The first-order valence-electron chi connectivity index (χ1n) is 14.7. The van der Waals surface area contributed by atoms with Crippen LogP contribution < -0.4 is 15.5 Å². The minimum Gasteiger partial charge on any atom is -0.463 e. The molecule has 43 heavy (non-hydrogen) atoms. The van der Waals surface area contributed by atoms with Gasteiger partial charge < -0.3 is 29.7 Å². The summed E-state index contributed by atoms with van der Waals surface area (Å²) in [5, 5.41) is 5.71. The molecule has 2 aromatic carbocycles. The molecule has 0 aliphatic carbocycles. The van der Waals surface area contributed by atoms with Crippen LogP contribution in [0.2, 0.25) is 0 Å². The highest BCUT2D eigenvalue weighted by atomic mass is 16.5. The van der Waals surface area contributed by atoms with Gasteiger partial charge in [-0.2, -0.15) is 0 Å². The van der Waals surface area contributed by atoms with E-state index in [1.165, 1.54) is 11.0 Å². The summed E-state index contributed by atoms with van der Waals surface area (Å²) in [5.74, 6) is -0.877. The quantitative estimate of drug-likeness (QED) is 0.192. The van der Waals surface area contributed by atoms with E-state index in [1.807, 2.05) is 48.5 Å². The van der Waals surface area contributed by atoms with E-state index in [1.54, 1.807) is 37.0 Å². The molecule has 11 heteroatoms. The second kappa shape index (κ2) is 18.2. The molecule has 0 saturated carbocycles. The van der Waals surface area contributed by atoms with E-state index in [2.05, 4.69) is 10.6 Å². The van der Waals surface area contributed by atoms with Gasteiger partial charge in [-0.05, 0) is 50.8 Å². The molecule has 2 N–H and O–H groups in total. The molecule has 0 radical (unpaired) electrons. The summed E-state index contributed by atoms with van der Waals surface area (Å²) < 4.78 is 15.6. The van der Waals surface area contributed by atoms with Gasteiger partial charge in [0, 0.05) is 37.4 Å². The second-order valence-corrected chi connectivity index (χ2v) is 9.97. The van der Waals surface area contributed by atoms with E-state index in [9.17, 15) is 19.2 Å². The van der Waals surface area contributed by atoms with Crippen molar-refractivity contribution in [3.8, 4) is 0 Å². The predicted molar refractivity (Wildman–Crippen MR) is 162 cm³/mol. The number of urea groups is 1. The number of hydrogen-bond acceptors (Lipinski definition) is 7. The lowest BCUT2D eigenvalue weighted by molar-refractivity contribution is -0.137. The molecule has 2 atom stereocenters. The van der Waals surface area contributed by atoms with E-state index >= 15 is 0 Å². The Kier molecular flexibility index (Phi) is 14.0. The topological polar surface area (TPSA) is 127 Å². The van der Waals surface area contributed by atoms with E-state index in [0.29, 0.717) is 57.8 Å². The Balaban J connectivity index is 1.58. The van der Waals surface area contributed by atoms with Gasteiger partial charge in [0.15, 0.2) is 0 Å².